The van der Waals surface area contributed by atoms with E-state index in [-0.39, 0.29) is 6.61 Å². The monoisotopic (exact) mass is 395 g/mol. The number of hydrogen-bond donors (Lipinski definition) is 2. The third kappa shape index (κ3) is 2.90. The number of aromatic amines is 1. The summed E-state index contributed by atoms with van der Waals surface area (Å²) in [7, 11) is 0. The van der Waals surface area contributed by atoms with Crippen LogP contribution in [0.2, 0.25) is 5.02 Å². The molecule has 9 heteroatoms. The molecule has 1 aromatic carbocycles. The summed E-state index contributed by atoms with van der Waals surface area (Å²) in [6, 6.07) is 9.86. The van der Waals surface area contributed by atoms with E-state index in [1.54, 1.807) is 6.20 Å². The van der Waals surface area contributed by atoms with Crippen LogP contribution in [-0.4, -0.2) is 47.9 Å². The molecule has 1 aliphatic heterocycles. The van der Waals surface area contributed by atoms with Crippen LogP contribution in [0.3, 0.4) is 0 Å². The Hall–Kier alpha value is -2.97. The number of hydrogen-bond acceptors (Lipinski definition) is 6. The van der Waals surface area contributed by atoms with Crippen LogP contribution in [0.25, 0.3) is 22.4 Å². The molecule has 3 aromatic heterocycles. The molecule has 0 spiro atoms. The van der Waals surface area contributed by atoms with Crippen molar-refractivity contribution < 1.29 is 5.11 Å². The minimum Gasteiger partial charge on any atom is -0.388 e. The fourth-order valence-corrected chi connectivity index (χ4v) is 3.78. The van der Waals surface area contributed by atoms with Gasteiger partial charge in [-0.3, -0.25) is 0 Å². The van der Waals surface area contributed by atoms with Gasteiger partial charge in [0, 0.05) is 37.8 Å². The van der Waals surface area contributed by atoms with Crippen molar-refractivity contribution in [2.45, 2.75) is 19.6 Å². The SMILES string of the molecule is OCc1nnc2n1CCN(c1cc(-c3nc4ccccc4[nH]3)c(Cl)cn1)CC2. The Morgan fingerprint density at radius 3 is 2.89 bits per heavy atom. The lowest BCUT2D eigenvalue weighted by Crippen LogP contribution is -2.27. The number of imidazole rings is 1. The summed E-state index contributed by atoms with van der Waals surface area (Å²) in [6.45, 7) is 2.09. The van der Waals surface area contributed by atoms with Crippen molar-refractivity contribution in [3.8, 4) is 11.4 Å². The van der Waals surface area contributed by atoms with Gasteiger partial charge in [-0.25, -0.2) is 9.97 Å². The van der Waals surface area contributed by atoms with E-state index in [2.05, 4.69) is 30.0 Å². The number of benzene rings is 1. The molecule has 0 saturated carbocycles. The average molecular weight is 396 g/mol. The summed E-state index contributed by atoms with van der Waals surface area (Å²) >= 11 is 6.43. The molecule has 28 heavy (non-hydrogen) atoms. The maximum absolute atomic E-state index is 9.44. The molecule has 0 atom stereocenters. The minimum atomic E-state index is -0.109. The van der Waals surface area contributed by atoms with Crippen molar-refractivity contribution >= 4 is 28.5 Å². The summed E-state index contributed by atoms with van der Waals surface area (Å²) in [6.07, 6.45) is 2.40. The van der Waals surface area contributed by atoms with E-state index in [0.29, 0.717) is 17.4 Å². The molecule has 0 bridgehead atoms. The highest BCUT2D eigenvalue weighted by Gasteiger charge is 2.20. The second kappa shape index (κ2) is 6.88. The van der Waals surface area contributed by atoms with Crippen LogP contribution in [0.5, 0.6) is 0 Å². The number of aliphatic hydroxyl groups is 1. The normalized spacial score (nSPS) is 14.3. The first-order chi connectivity index (χ1) is 13.7. The number of aliphatic hydroxyl groups excluding tert-OH is 1. The molecule has 0 saturated heterocycles. The zero-order chi connectivity index (χ0) is 19.1. The van der Waals surface area contributed by atoms with Crippen LogP contribution in [0, 0.1) is 0 Å². The quantitative estimate of drug-likeness (QED) is 0.553. The molecular formula is C19H18ClN7O. The van der Waals surface area contributed by atoms with Crippen molar-refractivity contribution in [3.63, 3.8) is 0 Å². The zero-order valence-electron chi connectivity index (χ0n) is 15.0. The molecule has 4 heterocycles. The third-order valence-electron chi connectivity index (χ3n) is 5.05. The number of anilines is 1. The summed E-state index contributed by atoms with van der Waals surface area (Å²) in [4.78, 5) is 14.7. The van der Waals surface area contributed by atoms with Gasteiger partial charge < -0.3 is 19.6 Å². The standard InChI is InChI=1S/C19H18ClN7O/c20-13-10-21-17(9-12(13)19-22-14-3-1-2-4-15(14)23-19)26-6-5-16-24-25-18(11-28)27(16)8-7-26/h1-4,9-10,28H,5-8,11H2,(H,22,23). The highest BCUT2D eigenvalue weighted by atomic mass is 35.5. The van der Waals surface area contributed by atoms with Gasteiger partial charge in [0.1, 0.15) is 24.1 Å². The Kier molecular flexibility index (Phi) is 4.22. The fraction of sp³-hybridized carbons (Fsp3) is 0.263. The number of nitrogens with one attached hydrogen (secondary N) is 1. The van der Waals surface area contributed by atoms with Gasteiger partial charge in [-0.2, -0.15) is 0 Å². The molecule has 1 aliphatic rings. The van der Waals surface area contributed by atoms with Gasteiger partial charge in [0.25, 0.3) is 0 Å². The van der Waals surface area contributed by atoms with Crippen molar-refractivity contribution in [3.05, 3.63) is 53.2 Å². The maximum Gasteiger partial charge on any atom is 0.158 e. The lowest BCUT2D eigenvalue weighted by molar-refractivity contribution is 0.264. The molecule has 4 aromatic rings. The highest BCUT2D eigenvalue weighted by Crippen LogP contribution is 2.30. The van der Waals surface area contributed by atoms with Crippen LogP contribution >= 0.6 is 11.6 Å². The van der Waals surface area contributed by atoms with Gasteiger partial charge >= 0.3 is 0 Å². The molecule has 142 valence electrons. The van der Waals surface area contributed by atoms with Crippen molar-refractivity contribution in [2.24, 2.45) is 0 Å². The van der Waals surface area contributed by atoms with Gasteiger partial charge in [0.2, 0.25) is 0 Å². The smallest absolute Gasteiger partial charge is 0.158 e. The van der Waals surface area contributed by atoms with Gasteiger partial charge in [-0.1, -0.05) is 23.7 Å². The largest absolute Gasteiger partial charge is 0.388 e. The van der Waals surface area contributed by atoms with E-state index in [1.165, 1.54) is 0 Å². The van der Waals surface area contributed by atoms with Crippen molar-refractivity contribution in [1.82, 2.24) is 29.7 Å². The lowest BCUT2D eigenvalue weighted by Gasteiger charge is -2.21. The number of nitrogens with zero attached hydrogens (tertiary/aromatic N) is 6. The first kappa shape index (κ1) is 17.2. The molecule has 0 amide bonds. The van der Waals surface area contributed by atoms with E-state index < -0.39 is 0 Å². The molecule has 8 nitrogen and oxygen atoms in total. The fourth-order valence-electron chi connectivity index (χ4n) is 3.59. The van der Waals surface area contributed by atoms with E-state index in [0.717, 1.165) is 53.6 Å². The number of H-pyrrole nitrogens is 1. The van der Waals surface area contributed by atoms with Crippen LogP contribution in [-0.2, 0) is 19.6 Å². The Morgan fingerprint density at radius 2 is 2.04 bits per heavy atom. The predicted molar refractivity (Wildman–Crippen MR) is 106 cm³/mol. The molecule has 2 N–H and O–H groups in total. The topological polar surface area (TPSA) is 95.8 Å². The number of halogens is 1. The summed E-state index contributed by atoms with van der Waals surface area (Å²) < 4.78 is 1.98. The van der Waals surface area contributed by atoms with Crippen LogP contribution in [0.15, 0.2) is 36.5 Å². The van der Waals surface area contributed by atoms with Crippen molar-refractivity contribution in [2.75, 3.05) is 18.0 Å². The highest BCUT2D eigenvalue weighted by molar-refractivity contribution is 6.33. The molecule has 0 aliphatic carbocycles. The lowest BCUT2D eigenvalue weighted by atomic mass is 10.2. The Bertz CT molecular complexity index is 1120. The molecule has 0 radical (unpaired) electrons. The van der Waals surface area contributed by atoms with Crippen LogP contribution < -0.4 is 4.90 Å². The van der Waals surface area contributed by atoms with Crippen molar-refractivity contribution in [1.29, 1.82) is 0 Å². The number of para-hydroxylation sites is 2. The Balaban J connectivity index is 1.46. The molecular weight excluding hydrogens is 378 g/mol. The van der Waals surface area contributed by atoms with Gasteiger partial charge in [-0.05, 0) is 18.2 Å². The molecule has 0 unspecified atom stereocenters. The average Bonchev–Trinajstić information content (AvgIpc) is 3.26. The van der Waals surface area contributed by atoms with Crippen LogP contribution in [0.4, 0.5) is 5.82 Å². The van der Waals surface area contributed by atoms with Gasteiger partial charge in [0.05, 0.1) is 16.1 Å². The number of rotatable bonds is 3. The first-order valence-electron chi connectivity index (χ1n) is 9.10. The van der Waals surface area contributed by atoms with E-state index in [4.69, 9.17) is 11.6 Å². The predicted octanol–water partition coefficient (Wildman–Crippen LogP) is 2.42. The first-order valence-corrected chi connectivity index (χ1v) is 9.48. The Labute approximate surface area is 165 Å². The molecule has 0 fully saturated rings. The van der Waals surface area contributed by atoms with Gasteiger partial charge in [0.15, 0.2) is 5.82 Å². The zero-order valence-corrected chi connectivity index (χ0v) is 15.8. The summed E-state index contributed by atoms with van der Waals surface area (Å²) in [5, 5.41) is 18.2. The van der Waals surface area contributed by atoms with E-state index >= 15 is 0 Å². The molecule has 5 rings (SSSR count). The van der Waals surface area contributed by atoms with Gasteiger partial charge in [-0.15, -0.1) is 10.2 Å². The van der Waals surface area contributed by atoms with E-state index in [1.807, 2.05) is 34.9 Å². The number of pyridine rings is 1. The third-order valence-corrected chi connectivity index (χ3v) is 5.35. The second-order valence-corrected chi connectivity index (χ2v) is 7.11. The summed E-state index contributed by atoms with van der Waals surface area (Å²) in [5.41, 5.74) is 2.69. The Morgan fingerprint density at radius 1 is 1.14 bits per heavy atom. The van der Waals surface area contributed by atoms with Crippen LogP contribution in [0.1, 0.15) is 11.6 Å². The summed E-state index contributed by atoms with van der Waals surface area (Å²) in [5.74, 6) is 3.05. The van der Waals surface area contributed by atoms with E-state index in [9.17, 15) is 5.11 Å². The maximum atomic E-state index is 9.44. The minimum absolute atomic E-state index is 0.109. The second-order valence-electron chi connectivity index (χ2n) is 6.70. The number of aromatic nitrogens is 6. The number of fused-ring (bicyclic) bond motifs is 2.